The van der Waals surface area contributed by atoms with Crippen molar-refractivity contribution in [2.24, 2.45) is 0 Å². The van der Waals surface area contributed by atoms with Gasteiger partial charge in [-0.05, 0) is 45.6 Å². The van der Waals surface area contributed by atoms with Gasteiger partial charge in [0.1, 0.15) is 6.04 Å². The molecule has 134 valence electrons. The molecule has 0 bridgehead atoms. The van der Waals surface area contributed by atoms with Crippen molar-refractivity contribution in [3.8, 4) is 0 Å². The predicted octanol–water partition coefficient (Wildman–Crippen LogP) is 3.55. The Bertz CT molecular complexity index is 520. The highest BCUT2D eigenvalue weighted by Gasteiger charge is 2.29. The lowest BCUT2D eigenvalue weighted by Gasteiger charge is -2.33. The van der Waals surface area contributed by atoms with E-state index in [0.717, 1.165) is 12.8 Å². The highest BCUT2D eigenvalue weighted by atomic mass is 16.2. The first kappa shape index (κ1) is 20.2. The first-order valence-corrected chi connectivity index (χ1v) is 8.94. The molecule has 4 nitrogen and oxygen atoms in total. The summed E-state index contributed by atoms with van der Waals surface area (Å²) in [6.45, 7) is 10.4. The second-order valence-electron chi connectivity index (χ2n) is 7.24. The molecule has 0 aliphatic rings. The average molecular weight is 332 g/mol. The quantitative estimate of drug-likeness (QED) is 0.791. The van der Waals surface area contributed by atoms with Crippen molar-refractivity contribution in [3.63, 3.8) is 0 Å². The van der Waals surface area contributed by atoms with E-state index in [0.29, 0.717) is 19.4 Å². The van der Waals surface area contributed by atoms with E-state index in [9.17, 15) is 9.59 Å². The Labute approximate surface area is 146 Å². The second-order valence-corrected chi connectivity index (χ2v) is 7.24. The summed E-state index contributed by atoms with van der Waals surface area (Å²) in [4.78, 5) is 27.0. The number of carbonyl (C=O) groups is 2. The van der Waals surface area contributed by atoms with Crippen molar-refractivity contribution in [1.29, 1.82) is 0 Å². The van der Waals surface area contributed by atoms with Gasteiger partial charge in [0, 0.05) is 18.5 Å². The summed E-state index contributed by atoms with van der Waals surface area (Å²) in [6.07, 6.45) is 2.65. The van der Waals surface area contributed by atoms with Crippen molar-refractivity contribution in [3.05, 3.63) is 35.9 Å². The number of nitrogens with zero attached hydrogens (tertiary/aromatic N) is 1. The van der Waals surface area contributed by atoms with Gasteiger partial charge in [-0.25, -0.2) is 0 Å². The molecule has 0 aliphatic heterocycles. The van der Waals surface area contributed by atoms with Crippen LogP contribution in [0.25, 0.3) is 0 Å². The third kappa shape index (κ3) is 6.73. The molecule has 1 aromatic carbocycles. The highest BCUT2D eigenvalue weighted by molar-refractivity contribution is 5.88. The molecule has 0 fully saturated rings. The van der Waals surface area contributed by atoms with E-state index in [1.807, 2.05) is 52.8 Å². The summed E-state index contributed by atoms with van der Waals surface area (Å²) in [6, 6.07) is 9.67. The van der Waals surface area contributed by atoms with Crippen LogP contribution in [0.5, 0.6) is 0 Å². The smallest absolute Gasteiger partial charge is 0.243 e. The monoisotopic (exact) mass is 332 g/mol. The summed E-state index contributed by atoms with van der Waals surface area (Å²) >= 11 is 0. The van der Waals surface area contributed by atoms with E-state index in [1.54, 1.807) is 4.90 Å². The summed E-state index contributed by atoms with van der Waals surface area (Å²) in [5.74, 6) is -0.00754. The molecule has 24 heavy (non-hydrogen) atoms. The molecule has 0 spiro atoms. The van der Waals surface area contributed by atoms with E-state index in [4.69, 9.17) is 0 Å². The average Bonchev–Trinajstić information content (AvgIpc) is 2.50. The van der Waals surface area contributed by atoms with Crippen LogP contribution in [-0.2, 0) is 16.0 Å². The fourth-order valence-electron chi connectivity index (χ4n) is 2.71. The number of rotatable bonds is 8. The Morgan fingerprint density at radius 3 is 2.25 bits per heavy atom. The van der Waals surface area contributed by atoms with Crippen LogP contribution < -0.4 is 5.32 Å². The van der Waals surface area contributed by atoms with Crippen LogP contribution in [0.4, 0.5) is 0 Å². The topological polar surface area (TPSA) is 49.4 Å². The number of benzene rings is 1. The Balaban J connectivity index is 2.89. The zero-order valence-corrected chi connectivity index (χ0v) is 15.8. The third-order valence-electron chi connectivity index (χ3n) is 3.83. The molecule has 4 heteroatoms. The molecule has 0 saturated carbocycles. The minimum atomic E-state index is -0.410. The SMILES string of the molecule is CCCC(=O)N(CCc1ccccc1)[C@@H](CC)C(=O)NC(C)(C)C. The van der Waals surface area contributed by atoms with Crippen LogP contribution in [0.3, 0.4) is 0 Å². The van der Waals surface area contributed by atoms with Crippen molar-refractivity contribution < 1.29 is 9.59 Å². The van der Waals surface area contributed by atoms with Gasteiger partial charge >= 0.3 is 0 Å². The fourth-order valence-corrected chi connectivity index (χ4v) is 2.71. The maximum atomic E-state index is 12.6. The minimum absolute atomic E-state index is 0.0596. The molecule has 0 heterocycles. The maximum absolute atomic E-state index is 12.6. The van der Waals surface area contributed by atoms with E-state index < -0.39 is 6.04 Å². The fraction of sp³-hybridized carbons (Fsp3) is 0.600. The Hall–Kier alpha value is -1.84. The first-order chi connectivity index (χ1) is 11.3. The van der Waals surface area contributed by atoms with Gasteiger partial charge in [-0.3, -0.25) is 9.59 Å². The van der Waals surface area contributed by atoms with Gasteiger partial charge < -0.3 is 10.2 Å². The van der Waals surface area contributed by atoms with Crippen molar-refractivity contribution in [2.45, 2.75) is 71.9 Å². The first-order valence-electron chi connectivity index (χ1n) is 8.94. The van der Waals surface area contributed by atoms with Crippen LogP contribution in [0.1, 0.15) is 59.4 Å². The molecule has 1 N–H and O–H groups in total. The summed E-state index contributed by atoms with van der Waals surface area (Å²) < 4.78 is 0. The van der Waals surface area contributed by atoms with Gasteiger partial charge in [0.25, 0.3) is 0 Å². The van der Waals surface area contributed by atoms with Crippen LogP contribution in [0.2, 0.25) is 0 Å². The minimum Gasteiger partial charge on any atom is -0.350 e. The number of carbonyl (C=O) groups excluding carboxylic acids is 2. The standard InChI is InChI=1S/C20H32N2O2/c1-6-11-18(23)22(15-14-16-12-9-8-10-13-16)17(7-2)19(24)21-20(3,4)5/h8-10,12-13,17H,6-7,11,14-15H2,1-5H3,(H,21,24)/t17-/m0/s1. The van der Waals surface area contributed by atoms with Crippen LogP contribution in [0.15, 0.2) is 30.3 Å². The summed E-state index contributed by atoms with van der Waals surface area (Å²) in [5, 5.41) is 3.01. The normalized spacial score (nSPS) is 12.5. The summed E-state index contributed by atoms with van der Waals surface area (Å²) in [5.41, 5.74) is 0.876. The molecule has 0 aliphatic carbocycles. The third-order valence-corrected chi connectivity index (χ3v) is 3.83. The zero-order valence-electron chi connectivity index (χ0n) is 15.8. The lowest BCUT2D eigenvalue weighted by molar-refractivity contribution is -0.141. The molecular weight excluding hydrogens is 300 g/mol. The van der Waals surface area contributed by atoms with E-state index in [2.05, 4.69) is 17.4 Å². The number of nitrogens with one attached hydrogen (secondary N) is 1. The Morgan fingerprint density at radius 2 is 1.75 bits per heavy atom. The molecule has 1 rings (SSSR count). The molecule has 0 radical (unpaired) electrons. The predicted molar refractivity (Wildman–Crippen MR) is 98.7 cm³/mol. The molecule has 0 saturated heterocycles. The number of hydrogen-bond donors (Lipinski definition) is 1. The van der Waals surface area contributed by atoms with Crippen LogP contribution in [0, 0.1) is 0 Å². The largest absolute Gasteiger partial charge is 0.350 e. The van der Waals surface area contributed by atoms with Gasteiger partial charge in [0.05, 0.1) is 0 Å². The van der Waals surface area contributed by atoms with E-state index in [-0.39, 0.29) is 17.4 Å². The van der Waals surface area contributed by atoms with Gasteiger partial charge in [-0.2, -0.15) is 0 Å². The molecule has 1 atom stereocenters. The van der Waals surface area contributed by atoms with Gasteiger partial charge in [-0.1, -0.05) is 44.2 Å². The lowest BCUT2D eigenvalue weighted by atomic mass is 10.0. The van der Waals surface area contributed by atoms with E-state index >= 15 is 0 Å². The highest BCUT2D eigenvalue weighted by Crippen LogP contribution is 2.13. The summed E-state index contributed by atoms with van der Waals surface area (Å²) in [7, 11) is 0. The molecular formula is C20H32N2O2. The van der Waals surface area contributed by atoms with Gasteiger partial charge in [0.2, 0.25) is 11.8 Å². The number of amides is 2. The number of hydrogen-bond acceptors (Lipinski definition) is 2. The lowest BCUT2D eigenvalue weighted by Crippen LogP contribution is -2.54. The van der Waals surface area contributed by atoms with Gasteiger partial charge in [0.15, 0.2) is 0 Å². The second kappa shape index (κ2) is 9.45. The zero-order chi connectivity index (χ0) is 18.2. The molecule has 0 unspecified atom stereocenters. The van der Waals surface area contributed by atoms with Crippen LogP contribution >= 0.6 is 0 Å². The molecule has 0 aromatic heterocycles. The van der Waals surface area contributed by atoms with Crippen molar-refractivity contribution in [2.75, 3.05) is 6.54 Å². The molecule has 2 amide bonds. The van der Waals surface area contributed by atoms with Crippen LogP contribution in [-0.4, -0.2) is 34.8 Å². The van der Waals surface area contributed by atoms with Crippen molar-refractivity contribution >= 4 is 11.8 Å². The maximum Gasteiger partial charge on any atom is 0.243 e. The van der Waals surface area contributed by atoms with Crippen molar-refractivity contribution in [1.82, 2.24) is 10.2 Å². The Kier molecular flexibility index (Phi) is 7.96. The van der Waals surface area contributed by atoms with E-state index in [1.165, 1.54) is 5.56 Å². The molecule has 1 aromatic rings. The Morgan fingerprint density at radius 1 is 1.12 bits per heavy atom. The van der Waals surface area contributed by atoms with Gasteiger partial charge in [-0.15, -0.1) is 0 Å².